The van der Waals surface area contributed by atoms with Crippen molar-refractivity contribution < 1.29 is 0 Å². The summed E-state index contributed by atoms with van der Waals surface area (Å²) in [6, 6.07) is 10.3. The van der Waals surface area contributed by atoms with Gasteiger partial charge in [0.15, 0.2) is 0 Å². The Balaban J connectivity index is 0.000000318. The Morgan fingerprint density at radius 3 is 1.59 bits per heavy atom. The summed E-state index contributed by atoms with van der Waals surface area (Å²) in [6.45, 7) is 7.22. The molecule has 0 amide bonds. The van der Waals surface area contributed by atoms with Crippen LogP contribution in [0.4, 0.5) is 0 Å². The van der Waals surface area contributed by atoms with Crippen LogP contribution in [0, 0.1) is 6.92 Å². The van der Waals surface area contributed by atoms with Gasteiger partial charge in [0.25, 0.3) is 0 Å². The fraction of sp³-hybridized carbons (Fsp3) is 0.538. The zero-order valence-corrected chi connectivity index (χ0v) is 10.8. The molecule has 1 rings (SSSR count). The third kappa shape index (κ3) is 13.0. The van der Waals surface area contributed by atoms with Gasteiger partial charge in [-0.1, -0.05) is 35.9 Å². The van der Waals surface area contributed by atoms with Gasteiger partial charge in [0, 0.05) is 39.3 Å². The van der Waals surface area contributed by atoms with Gasteiger partial charge in [-0.15, -0.1) is 0 Å². The maximum absolute atomic E-state index is 5.27. The molecule has 1 aromatic carbocycles. The molecule has 0 atom stereocenters. The predicted molar refractivity (Wildman–Crippen MR) is 75.0 cm³/mol. The first-order valence-electron chi connectivity index (χ1n) is 6.14. The van der Waals surface area contributed by atoms with Crippen molar-refractivity contribution >= 4 is 0 Å². The smallest absolute Gasteiger partial charge is 0.00772 e. The Bertz CT molecular complexity index is 230. The number of nitrogens with two attached hydrogens (primary N) is 2. The van der Waals surface area contributed by atoms with Crippen LogP contribution < -0.4 is 22.1 Å². The van der Waals surface area contributed by atoms with E-state index >= 15 is 0 Å². The molecule has 0 aromatic heterocycles. The van der Waals surface area contributed by atoms with Gasteiger partial charge in [0.05, 0.1) is 0 Å². The van der Waals surface area contributed by atoms with E-state index in [1.165, 1.54) is 5.56 Å². The summed E-state index contributed by atoms with van der Waals surface area (Å²) in [6.07, 6.45) is 0. The highest BCUT2D eigenvalue weighted by atomic mass is 14.9. The Morgan fingerprint density at radius 1 is 0.824 bits per heavy atom. The van der Waals surface area contributed by atoms with E-state index in [1.807, 2.05) is 18.2 Å². The molecule has 0 radical (unpaired) electrons. The summed E-state index contributed by atoms with van der Waals surface area (Å²) >= 11 is 0. The van der Waals surface area contributed by atoms with E-state index in [0.717, 1.165) is 26.2 Å². The van der Waals surface area contributed by atoms with Crippen molar-refractivity contribution in [2.75, 3.05) is 39.3 Å². The fourth-order valence-corrected chi connectivity index (χ4v) is 1.17. The fourth-order valence-electron chi connectivity index (χ4n) is 1.17. The van der Waals surface area contributed by atoms with E-state index in [2.05, 4.69) is 29.7 Å². The van der Waals surface area contributed by atoms with Crippen LogP contribution in [0.15, 0.2) is 30.3 Å². The van der Waals surface area contributed by atoms with Crippen LogP contribution in [0.5, 0.6) is 0 Å². The zero-order chi connectivity index (χ0) is 12.8. The lowest BCUT2D eigenvalue weighted by molar-refractivity contribution is 0.618. The Morgan fingerprint density at radius 2 is 1.29 bits per heavy atom. The van der Waals surface area contributed by atoms with Crippen molar-refractivity contribution in [3.63, 3.8) is 0 Å². The maximum Gasteiger partial charge on any atom is 0.00772 e. The van der Waals surface area contributed by atoms with Crippen LogP contribution in [0.25, 0.3) is 0 Å². The van der Waals surface area contributed by atoms with E-state index in [1.54, 1.807) is 0 Å². The molecular formula is C13H26N4. The van der Waals surface area contributed by atoms with Crippen LogP contribution in [0.3, 0.4) is 0 Å². The van der Waals surface area contributed by atoms with Crippen molar-refractivity contribution in [3.8, 4) is 0 Å². The summed E-state index contributed by atoms with van der Waals surface area (Å²) in [5.74, 6) is 0. The molecule has 0 aliphatic carbocycles. The third-order valence-corrected chi connectivity index (χ3v) is 2.06. The molecule has 4 nitrogen and oxygen atoms in total. The van der Waals surface area contributed by atoms with Crippen LogP contribution in [0.2, 0.25) is 0 Å². The highest BCUT2D eigenvalue weighted by molar-refractivity contribution is 5.11. The minimum Gasteiger partial charge on any atom is -0.329 e. The lowest BCUT2D eigenvalue weighted by atomic mass is 10.2. The van der Waals surface area contributed by atoms with Gasteiger partial charge in [-0.3, -0.25) is 0 Å². The largest absolute Gasteiger partial charge is 0.329 e. The van der Waals surface area contributed by atoms with Crippen molar-refractivity contribution in [3.05, 3.63) is 35.9 Å². The summed E-state index contributed by atoms with van der Waals surface area (Å²) in [7, 11) is 0. The van der Waals surface area contributed by atoms with E-state index in [4.69, 9.17) is 11.5 Å². The van der Waals surface area contributed by atoms with Crippen LogP contribution in [0.1, 0.15) is 5.56 Å². The first-order valence-corrected chi connectivity index (χ1v) is 6.14. The lowest BCUT2D eigenvalue weighted by Crippen LogP contribution is -2.32. The molecule has 0 unspecified atom stereocenters. The van der Waals surface area contributed by atoms with Gasteiger partial charge < -0.3 is 22.1 Å². The number of aryl methyl sites for hydroxylation is 1. The van der Waals surface area contributed by atoms with Crippen molar-refractivity contribution in [1.82, 2.24) is 10.6 Å². The third-order valence-electron chi connectivity index (χ3n) is 2.06. The van der Waals surface area contributed by atoms with Crippen LogP contribution in [-0.2, 0) is 0 Å². The van der Waals surface area contributed by atoms with E-state index < -0.39 is 0 Å². The number of hydrogen-bond acceptors (Lipinski definition) is 4. The molecule has 0 spiro atoms. The van der Waals surface area contributed by atoms with E-state index in [-0.39, 0.29) is 0 Å². The number of benzene rings is 1. The first-order chi connectivity index (χ1) is 8.31. The molecule has 17 heavy (non-hydrogen) atoms. The summed E-state index contributed by atoms with van der Waals surface area (Å²) in [5, 5.41) is 6.33. The molecular weight excluding hydrogens is 212 g/mol. The number of hydrogen-bond donors (Lipinski definition) is 4. The topological polar surface area (TPSA) is 76.1 Å². The molecule has 0 saturated carbocycles. The van der Waals surface area contributed by atoms with Crippen molar-refractivity contribution in [2.24, 2.45) is 11.5 Å². The average Bonchev–Trinajstić information content (AvgIpc) is 2.35. The molecule has 0 bridgehead atoms. The number of nitrogens with one attached hydrogen (secondary N) is 2. The van der Waals surface area contributed by atoms with Gasteiger partial charge in [-0.25, -0.2) is 0 Å². The lowest BCUT2D eigenvalue weighted by Gasteiger charge is -2.03. The Kier molecular flexibility index (Phi) is 12.4. The quantitative estimate of drug-likeness (QED) is 0.507. The molecule has 0 heterocycles. The molecule has 0 aliphatic rings. The Hall–Kier alpha value is -0.940. The normalized spacial score (nSPS) is 9.59. The molecule has 0 saturated heterocycles. The van der Waals surface area contributed by atoms with Crippen molar-refractivity contribution in [1.29, 1.82) is 0 Å². The monoisotopic (exact) mass is 238 g/mol. The molecule has 1 aromatic rings. The second kappa shape index (κ2) is 13.1. The van der Waals surface area contributed by atoms with E-state index in [0.29, 0.717) is 13.1 Å². The van der Waals surface area contributed by atoms with Gasteiger partial charge in [-0.2, -0.15) is 0 Å². The van der Waals surface area contributed by atoms with Crippen LogP contribution in [-0.4, -0.2) is 39.3 Å². The standard InChI is InChI=1S/C7H8.C6H18N4/c1-7-5-3-2-4-6-7;7-1-3-9-5-6-10-4-2-8/h2-6H,1H3;9-10H,1-8H2. The number of rotatable bonds is 7. The van der Waals surface area contributed by atoms with Crippen molar-refractivity contribution in [2.45, 2.75) is 6.92 Å². The second-order valence-electron chi connectivity index (χ2n) is 3.73. The van der Waals surface area contributed by atoms with Gasteiger partial charge in [-0.05, 0) is 6.92 Å². The summed E-state index contributed by atoms with van der Waals surface area (Å²) in [5.41, 5.74) is 11.9. The highest BCUT2D eigenvalue weighted by Gasteiger charge is 1.83. The first kappa shape index (κ1) is 16.1. The second-order valence-corrected chi connectivity index (χ2v) is 3.73. The molecule has 98 valence electrons. The zero-order valence-electron chi connectivity index (χ0n) is 10.8. The summed E-state index contributed by atoms with van der Waals surface area (Å²) in [4.78, 5) is 0. The molecule has 0 aliphatic heterocycles. The summed E-state index contributed by atoms with van der Waals surface area (Å²) < 4.78 is 0. The van der Waals surface area contributed by atoms with Crippen LogP contribution >= 0.6 is 0 Å². The van der Waals surface area contributed by atoms with Gasteiger partial charge in [0.2, 0.25) is 0 Å². The molecule has 4 heteroatoms. The molecule has 0 fully saturated rings. The minimum atomic E-state index is 0.705. The average molecular weight is 238 g/mol. The molecule has 6 N–H and O–H groups in total. The SMILES string of the molecule is Cc1ccccc1.NCCNCCNCCN. The highest BCUT2D eigenvalue weighted by Crippen LogP contribution is 1.92. The predicted octanol–water partition coefficient (Wildman–Crippen LogP) is 0.0780. The van der Waals surface area contributed by atoms with E-state index in [9.17, 15) is 0 Å². The van der Waals surface area contributed by atoms with Gasteiger partial charge >= 0.3 is 0 Å². The Labute approximate surface area is 105 Å². The minimum absolute atomic E-state index is 0.705. The van der Waals surface area contributed by atoms with Gasteiger partial charge in [0.1, 0.15) is 0 Å². The maximum atomic E-state index is 5.27.